The Morgan fingerprint density at radius 3 is 2.65 bits per heavy atom. The van der Waals surface area contributed by atoms with Gasteiger partial charge in [0.05, 0.1) is 10.2 Å². The van der Waals surface area contributed by atoms with Gasteiger partial charge in [0.2, 0.25) is 5.91 Å². The SMILES string of the molecule is CCC(=O)Nc1nc2cc(NC(=O)[C@H](C)Oc3ccccc3)ccc2s1. The molecular formula is C19H19N3O3S. The number of fused-ring (bicyclic) bond motifs is 1. The van der Waals surface area contributed by atoms with Crippen LogP contribution < -0.4 is 15.4 Å². The third-order valence-electron chi connectivity index (χ3n) is 3.65. The second kappa shape index (κ2) is 7.97. The Labute approximate surface area is 155 Å². The van der Waals surface area contributed by atoms with Crippen LogP contribution in [0.5, 0.6) is 5.75 Å². The van der Waals surface area contributed by atoms with E-state index in [-0.39, 0.29) is 11.8 Å². The number of nitrogens with one attached hydrogen (secondary N) is 2. The largest absolute Gasteiger partial charge is 0.481 e. The lowest BCUT2D eigenvalue weighted by Crippen LogP contribution is -2.30. The van der Waals surface area contributed by atoms with Crippen LogP contribution in [0.15, 0.2) is 48.5 Å². The smallest absolute Gasteiger partial charge is 0.265 e. The quantitative estimate of drug-likeness (QED) is 0.687. The molecule has 3 rings (SSSR count). The van der Waals surface area contributed by atoms with Crippen LogP contribution >= 0.6 is 11.3 Å². The highest BCUT2D eigenvalue weighted by Gasteiger charge is 2.15. The number of hydrogen-bond donors (Lipinski definition) is 2. The number of nitrogens with zero attached hydrogens (tertiary/aromatic N) is 1. The van der Waals surface area contributed by atoms with E-state index in [0.29, 0.717) is 23.0 Å². The summed E-state index contributed by atoms with van der Waals surface area (Å²) in [7, 11) is 0. The fourth-order valence-corrected chi connectivity index (χ4v) is 3.13. The number of anilines is 2. The standard InChI is InChI=1S/C19H19N3O3S/c1-3-17(23)22-19-21-15-11-13(9-10-16(15)26-19)20-18(24)12(2)25-14-7-5-4-6-8-14/h4-12H,3H2,1-2H3,(H,20,24)(H,21,22,23)/t12-/m0/s1. The van der Waals surface area contributed by atoms with Gasteiger partial charge in [-0.1, -0.05) is 36.5 Å². The van der Waals surface area contributed by atoms with Crippen molar-refractivity contribution in [2.24, 2.45) is 0 Å². The second-order valence-corrected chi connectivity index (χ2v) is 6.70. The maximum absolute atomic E-state index is 12.3. The van der Waals surface area contributed by atoms with Gasteiger partial charge in [0.25, 0.3) is 5.91 Å². The van der Waals surface area contributed by atoms with E-state index in [0.717, 1.165) is 10.2 Å². The second-order valence-electron chi connectivity index (χ2n) is 5.67. The number of aromatic nitrogens is 1. The maximum atomic E-state index is 12.3. The van der Waals surface area contributed by atoms with Crippen molar-refractivity contribution < 1.29 is 14.3 Å². The Hall–Kier alpha value is -2.93. The van der Waals surface area contributed by atoms with E-state index >= 15 is 0 Å². The van der Waals surface area contributed by atoms with E-state index in [1.54, 1.807) is 38.1 Å². The molecule has 0 spiro atoms. The minimum absolute atomic E-state index is 0.0792. The number of ether oxygens (including phenoxy) is 1. The molecule has 0 radical (unpaired) electrons. The summed E-state index contributed by atoms with van der Waals surface area (Å²) < 4.78 is 6.56. The van der Waals surface area contributed by atoms with Crippen LogP contribution in [0, 0.1) is 0 Å². The van der Waals surface area contributed by atoms with Crippen LogP contribution in [-0.2, 0) is 9.59 Å². The summed E-state index contributed by atoms with van der Waals surface area (Å²) in [6.45, 7) is 3.48. The molecule has 2 aromatic carbocycles. The predicted molar refractivity (Wildman–Crippen MR) is 104 cm³/mol. The lowest BCUT2D eigenvalue weighted by molar-refractivity contribution is -0.122. The molecule has 0 saturated carbocycles. The first-order valence-corrected chi connectivity index (χ1v) is 9.10. The zero-order valence-electron chi connectivity index (χ0n) is 14.5. The molecule has 0 aliphatic carbocycles. The third-order valence-corrected chi connectivity index (χ3v) is 4.60. The number of carbonyl (C=O) groups excluding carboxylic acids is 2. The van der Waals surface area contributed by atoms with E-state index in [9.17, 15) is 9.59 Å². The van der Waals surface area contributed by atoms with Crippen molar-refractivity contribution in [1.29, 1.82) is 0 Å². The van der Waals surface area contributed by atoms with Crippen LogP contribution in [0.2, 0.25) is 0 Å². The number of para-hydroxylation sites is 1. The highest BCUT2D eigenvalue weighted by atomic mass is 32.1. The van der Waals surface area contributed by atoms with Crippen molar-refractivity contribution in [3.05, 3.63) is 48.5 Å². The van der Waals surface area contributed by atoms with Gasteiger partial charge in [0.15, 0.2) is 11.2 Å². The zero-order chi connectivity index (χ0) is 18.5. The van der Waals surface area contributed by atoms with Crippen LogP contribution in [-0.4, -0.2) is 22.9 Å². The summed E-state index contributed by atoms with van der Waals surface area (Å²) in [5.74, 6) is 0.314. The summed E-state index contributed by atoms with van der Waals surface area (Å²) in [5.41, 5.74) is 1.35. The fourth-order valence-electron chi connectivity index (χ4n) is 2.27. The number of carbonyl (C=O) groups is 2. The van der Waals surface area contributed by atoms with Gasteiger partial charge in [-0.25, -0.2) is 4.98 Å². The zero-order valence-corrected chi connectivity index (χ0v) is 15.3. The Balaban J connectivity index is 1.68. The first-order valence-electron chi connectivity index (χ1n) is 8.28. The van der Waals surface area contributed by atoms with E-state index in [2.05, 4.69) is 15.6 Å². The average Bonchev–Trinajstić information content (AvgIpc) is 3.03. The molecule has 2 amide bonds. The fraction of sp³-hybridized carbons (Fsp3) is 0.211. The van der Waals surface area contributed by atoms with Crippen molar-refractivity contribution in [3.63, 3.8) is 0 Å². The van der Waals surface area contributed by atoms with Gasteiger partial charge in [0, 0.05) is 12.1 Å². The molecule has 1 atom stereocenters. The Morgan fingerprint density at radius 2 is 1.92 bits per heavy atom. The highest BCUT2D eigenvalue weighted by molar-refractivity contribution is 7.22. The Morgan fingerprint density at radius 1 is 1.15 bits per heavy atom. The van der Waals surface area contributed by atoms with Gasteiger partial charge in [-0.2, -0.15) is 0 Å². The molecule has 3 aromatic rings. The van der Waals surface area contributed by atoms with E-state index in [4.69, 9.17) is 4.74 Å². The molecule has 0 bridgehead atoms. The number of hydrogen-bond acceptors (Lipinski definition) is 5. The number of benzene rings is 2. The van der Waals surface area contributed by atoms with Gasteiger partial charge in [0.1, 0.15) is 5.75 Å². The lowest BCUT2D eigenvalue weighted by atomic mass is 10.2. The van der Waals surface area contributed by atoms with Crippen molar-refractivity contribution in [1.82, 2.24) is 4.98 Å². The van der Waals surface area contributed by atoms with Gasteiger partial charge in [-0.3, -0.25) is 9.59 Å². The number of amides is 2. The summed E-state index contributed by atoms with van der Waals surface area (Å²) in [6, 6.07) is 14.6. The molecule has 0 unspecified atom stereocenters. The van der Waals surface area contributed by atoms with E-state index < -0.39 is 6.10 Å². The molecule has 1 aromatic heterocycles. The molecule has 7 heteroatoms. The Bertz CT molecular complexity index is 924. The van der Waals surface area contributed by atoms with Crippen molar-refractivity contribution in [3.8, 4) is 5.75 Å². The molecule has 0 saturated heterocycles. The summed E-state index contributed by atoms with van der Waals surface area (Å²) >= 11 is 1.40. The van der Waals surface area contributed by atoms with Crippen molar-refractivity contribution >= 4 is 44.2 Å². The molecular weight excluding hydrogens is 350 g/mol. The highest BCUT2D eigenvalue weighted by Crippen LogP contribution is 2.28. The van der Waals surface area contributed by atoms with E-state index in [1.165, 1.54) is 11.3 Å². The molecule has 2 N–H and O–H groups in total. The predicted octanol–water partition coefficient (Wildman–Crippen LogP) is 4.05. The van der Waals surface area contributed by atoms with Crippen LogP contribution in [0.25, 0.3) is 10.2 Å². The number of rotatable bonds is 6. The van der Waals surface area contributed by atoms with Gasteiger partial charge >= 0.3 is 0 Å². The number of thiazole rings is 1. The van der Waals surface area contributed by atoms with Crippen LogP contribution in [0.1, 0.15) is 20.3 Å². The van der Waals surface area contributed by atoms with Gasteiger partial charge in [-0.15, -0.1) is 0 Å². The summed E-state index contributed by atoms with van der Waals surface area (Å²) in [6.07, 6.45) is -0.237. The Kier molecular flexibility index (Phi) is 5.48. The van der Waals surface area contributed by atoms with Crippen LogP contribution in [0.4, 0.5) is 10.8 Å². The normalized spacial score (nSPS) is 11.8. The molecule has 26 heavy (non-hydrogen) atoms. The minimum atomic E-state index is -0.636. The average molecular weight is 369 g/mol. The van der Waals surface area contributed by atoms with Crippen molar-refractivity contribution in [2.45, 2.75) is 26.4 Å². The molecule has 0 fully saturated rings. The summed E-state index contributed by atoms with van der Waals surface area (Å²) in [4.78, 5) is 28.2. The van der Waals surface area contributed by atoms with E-state index in [1.807, 2.05) is 24.3 Å². The molecule has 0 aliphatic rings. The van der Waals surface area contributed by atoms with Gasteiger partial charge < -0.3 is 15.4 Å². The molecule has 0 aliphatic heterocycles. The third kappa shape index (κ3) is 4.37. The maximum Gasteiger partial charge on any atom is 0.265 e. The van der Waals surface area contributed by atoms with Crippen molar-refractivity contribution in [2.75, 3.05) is 10.6 Å². The minimum Gasteiger partial charge on any atom is -0.481 e. The first-order chi connectivity index (χ1) is 12.5. The summed E-state index contributed by atoms with van der Waals surface area (Å²) in [5, 5.41) is 6.13. The topological polar surface area (TPSA) is 80.3 Å². The lowest BCUT2D eigenvalue weighted by Gasteiger charge is -2.14. The molecule has 1 heterocycles. The van der Waals surface area contributed by atoms with Crippen LogP contribution in [0.3, 0.4) is 0 Å². The molecule has 6 nitrogen and oxygen atoms in total. The monoisotopic (exact) mass is 369 g/mol. The molecule has 134 valence electrons. The first kappa shape index (κ1) is 17.9. The van der Waals surface area contributed by atoms with Gasteiger partial charge in [-0.05, 0) is 37.3 Å².